The van der Waals surface area contributed by atoms with Crippen LogP contribution in [0.4, 0.5) is 5.69 Å². The topological polar surface area (TPSA) is 64.3 Å². The average Bonchev–Trinajstić information content (AvgIpc) is 2.90. The van der Waals surface area contributed by atoms with E-state index in [0.29, 0.717) is 23.5 Å². The molecule has 0 aliphatic carbocycles. The van der Waals surface area contributed by atoms with Gasteiger partial charge in [0.15, 0.2) is 0 Å². The first-order valence-electron chi connectivity index (χ1n) is 5.43. The Kier molecular flexibility index (Phi) is 3.84. The van der Waals surface area contributed by atoms with Crippen molar-refractivity contribution in [2.45, 2.75) is 6.54 Å². The Morgan fingerprint density at radius 3 is 2.89 bits per heavy atom. The number of carbonyl (C=O) groups is 1. The van der Waals surface area contributed by atoms with Crippen molar-refractivity contribution in [1.82, 2.24) is 5.32 Å². The standard InChI is InChI=1S/C13H14N2O2S/c1-17-12-3-2-9(6-11(12)14)7-15-13(16)10-4-5-18-8-10/h2-6,8H,7,14H2,1H3,(H,15,16). The van der Waals surface area contributed by atoms with Crippen LogP contribution in [-0.2, 0) is 6.54 Å². The zero-order valence-corrected chi connectivity index (χ0v) is 10.8. The molecule has 0 aliphatic rings. The molecule has 0 aliphatic heterocycles. The number of methoxy groups -OCH3 is 1. The molecule has 94 valence electrons. The molecule has 2 aromatic rings. The SMILES string of the molecule is COc1ccc(CNC(=O)c2ccsc2)cc1N. The highest BCUT2D eigenvalue weighted by Gasteiger charge is 2.06. The van der Waals surface area contributed by atoms with Crippen LogP contribution >= 0.6 is 11.3 Å². The lowest BCUT2D eigenvalue weighted by Gasteiger charge is -2.08. The number of rotatable bonds is 4. The molecule has 2 rings (SSSR count). The first kappa shape index (κ1) is 12.4. The molecule has 18 heavy (non-hydrogen) atoms. The van der Waals surface area contributed by atoms with Gasteiger partial charge in [-0.1, -0.05) is 6.07 Å². The van der Waals surface area contributed by atoms with Gasteiger partial charge < -0.3 is 15.8 Å². The Morgan fingerprint density at radius 1 is 1.44 bits per heavy atom. The molecule has 0 bridgehead atoms. The molecular weight excluding hydrogens is 248 g/mol. The summed E-state index contributed by atoms with van der Waals surface area (Å²) in [6.45, 7) is 0.447. The lowest BCUT2D eigenvalue weighted by molar-refractivity contribution is 0.0951. The van der Waals surface area contributed by atoms with E-state index in [2.05, 4.69) is 5.32 Å². The Bertz CT molecular complexity index is 538. The molecule has 1 aromatic carbocycles. The number of thiophene rings is 1. The molecule has 5 heteroatoms. The first-order valence-corrected chi connectivity index (χ1v) is 6.38. The maximum absolute atomic E-state index is 11.7. The Balaban J connectivity index is 1.98. The number of carbonyl (C=O) groups excluding carboxylic acids is 1. The summed E-state index contributed by atoms with van der Waals surface area (Å²) < 4.78 is 5.07. The van der Waals surface area contributed by atoms with Gasteiger partial charge in [0.25, 0.3) is 5.91 Å². The number of nitrogens with two attached hydrogens (primary N) is 1. The van der Waals surface area contributed by atoms with Crippen molar-refractivity contribution >= 4 is 22.9 Å². The molecule has 0 radical (unpaired) electrons. The van der Waals surface area contributed by atoms with Crippen molar-refractivity contribution in [2.24, 2.45) is 0 Å². The van der Waals surface area contributed by atoms with Crippen LogP contribution in [0.25, 0.3) is 0 Å². The Morgan fingerprint density at radius 2 is 2.28 bits per heavy atom. The number of hydrogen-bond acceptors (Lipinski definition) is 4. The fraction of sp³-hybridized carbons (Fsp3) is 0.154. The van der Waals surface area contributed by atoms with E-state index in [1.807, 2.05) is 16.8 Å². The predicted octanol–water partition coefficient (Wildman–Crippen LogP) is 2.27. The highest BCUT2D eigenvalue weighted by molar-refractivity contribution is 7.08. The Hall–Kier alpha value is -2.01. The van der Waals surface area contributed by atoms with Gasteiger partial charge in [0.2, 0.25) is 0 Å². The van der Waals surface area contributed by atoms with Gasteiger partial charge in [0.1, 0.15) is 5.75 Å². The van der Waals surface area contributed by atoms with Gasteiger partial charge in [-0.2, -0.15) is 11.3 Å². The van der Waals surface area contributed by atoms with E-state index in [1.54, 1.807) is 25.3 Å². The molecule has 0 spiro atoms. The molecular formula is C13H14N2O2S. The van der Waals surface area contributed by atoms with Crippen LogP contribution in [0.3, 0.4) is 0 Å². The number of nitrogen functional groups attached to an aromatic ring is 1. The molecule has 1 heterocycles. The number of hydrogen-bond donors (Lipinski definition) is 2. The maximum atomic E-state index is 11.7. The average molecular weight is 262 g/mol. The molecule has 0 saturated carbocycles. The third-order valence-corrected chi connectivity index (χ3v) is 3.21. The minimum atomic E-state index is -0.0781. The van der Waals surface area contributed by atoms with Gasteiger partial charge in [-0.3, -0.25) is 4.79 Å². The maximum Gasteiger partial charge on any atom is 0.252 e. The summed E-state index contributed by atoms with van der Waals surface area (Å²) in [6.07, 6.45) is 0. The molecule has 0 unspecified atom stereocenters. The van der Waals surface area contributed by atoms with Crippen LogP contribution in [0.2, 0.25) is 0 Å². The van der Waals surface area contributed by atoms with E-state index in [0.717, 1.165) is 5.56 Å². The smallest absolute Gasteiger partial charge is 0.252 e. The van der Waals surface area contributed by atoms with Gasteiger partial charge in [-0.25, -0.2) is 0 Å². The van der Waals surface area contributed by atoms with Gasteiger partial charge >= 0.3 is 0 Å². The zero-order chi connectivity index (χ0) is 13.0. The van der Waals surface area contributed by atoms with Gasteiger partial charge in [-0.15, -0.1) is 0 Å². The van der Waals surface area contributed by atoms with Crippen LogP contribution in [0, 0.1) is 0 Å². The molecule has 3 N–H and O–H groups in total. The summed E-state index contributed by atoms with van der Waals surface area (Å²) in [7, 11) is 1.57. The van der Waals surface area contributed by atoms with Crippen molar-refractivity contribution < 1.29 is 9.53 Å². The van der Waals surface area contributed by atoms with E-state index >= 15 is 0 Å². The highest BCUT2D eigenvalue weighted by Crippen LogP contribution is 2.21. The number of nitrogens with one attached hydrogen (secondary N) is 1. The second-order valence-corrected chi connectivity index (χ2v) is 4.55. The quantitative estimate of drug-likeness (QED) is 0.831. The highest BCUT2D eigenvalue weighted by atomic mass is 32.1. The van der Waals surface area contributed by atoms with Crippen LogP contribution in [0.15, 0.2) is 35.0 Å². The third kappa shape index (κ3) is 2.81. The molecule has 0 fully saturated rings. The normalized spacial score (nSPS) is 10.1. The van der Waals surface area contributed by atoms with E-state index in [-0.39, 0.29) is 5.91 Å². The van der Waals surface area contributed by atoms with Crippen molar-refractivity contribution in [3.05, 3.63) is 46.2 Å². The Labute approximate surface area is 109 Å². The lowest BCUT2D eigenvalue weighted by Crippen LogP contribution is -2.22. The summed E-state index contributed by atoms with van der Waals surface area (Å²) in [4.78, 5) is 11.7. The van der Waals surface area contributed by atoms with Crippen LogP contribution in [-0.4, -0.2) is 13.0 Å². The molecule has 1 amide bonds. The van der Waals surface area contributed by atoms with Gasteiger partial charge in [0, 0.05) is 17.5 Å². The summed E-state index contributed by atoms with van der Waals surface area (Å²) in [6, 6.07) is 7.26. The second-order valence-electron chi connectivity index (χ2n) is 3.77. The van der Waals surface area contributed by atoms with Crippen molar-refractivity contribution in [2.75, 3.05) is 12.8 Å². The van der Waals surface area contributed by atoms with Crippen LogP contribution in [0.1, 0.15) is 15.9 Å². The summed E-state index contributed by atoms with van der Waals surface area (Å²) in [5.74, 6) is 0.563. The largest absolute Gasteiger partial charge is 0.495 e. The number of anilines is 1. The van der Waals surface area contributed by atoms with E-state index in [4.69, 9.17) is 10.5 Å². The number of ether oxygens (including phenoxy) is 1. The van der Waals surface area contributed by atoms with Crippen molar-refractivity contribution in [3.8, 4) is 5.75 Å². The lowest BCUT2D eigenvalue weighted by atomic mass is 10.2. The first-order chi connectivity index (χ1) is 8.70. The summed E-state index contributed by atoms with van der Waals surface area (Å²) >= 11 is 1.50. The van der Waals surface area contributed by atoms with E-state index in [1.165, 1.54) is 11.3 Å². The molecule has 0 atom stereocenters. The van der Waals surface area contributed by atoms with Gasteiger partial charge in [0.05, 0.1) is 12.8 Å². The molecule has 0 saturated heterocycles. The van der Waals surface area contributed by atoms with Crippen molar-refractivity contribution in [1.29, 1.82) is 0 Å². The van der Waals surface area contributed by atoms with Crippen molar-refractivity contribution in [3.63, 3.8) is 0 Å². The van der Waals surface area contributed by atoms with E-state index < -0.39 is 0 Å². The summed E-state index contributed by atoms with van der Waals surface area (Å²) in [5.41, 5.74) is 7.99. The second kappa shape index (κ2) is 5.55. The molecule has 1 aromatic heterocycles. The predicted molar refractivity (Wildman–Crippen MR) is 72.9 cm³/mol. The monoisotopic (exact) mass is 262 g/mol. The fourth-order valence-corrected chi connectivity index (χ4v) is 2.21. The minimum Gasteiger partial charge on any atom is -0.495 e. The van der Waals surface area contributed by atoms with Crippen LogP contribution in [0.5, 0.6) is 5.75 Å². The number of amides is 1. The van der Waals surface area contributed by atoms with Crippen LogP contribution < -0.4 is 15.8 Å². The summed E-state index contributed by atoms with van der Waals surface area (Å²) in [5, 5.41) is 6.53. The minimum absolute atomic E-state index is 0.0781. The third-order valence-electron chi connectivity index (χ3n) is 2.53. The van der Waals surface area contributed by atoms with Gasteiger partial charge in [-0.05, 0) is 29.1 Å². The molecule has 4 nitrogen and oxygen atoms in total. The fourth-order valence-electron chi connectivity index (χ4n) is 1.57. The number of benzene rings is 1. The van der Waals surface area contributed by atoms with E-state index in [9.17, 15) is 4.79 Å². The zero-order valence-electron chi connectivity index (χ0n) is 9.97.